The maximum atomic E-state index is 11.9. The molecule has 18 heavy (non-hydrogen) atoms. The summed E-state index contributed by atoms with van der Waals surface area (Å²) in [6.07, 6.45) is 4.44. The molecule has 0 aliphatic rings. The summed E-state index contributed by atoms with van der Waals surface area (Å²) < 4.78 is 7.09. The number of nitrogens with zero attached hydrogens (tertiary/aromatic N) is 2. The number of imidazole rings is 1. The summed E-state index contributed by atoms with van der Waals surface area (Å²) in [5, 5.41) is 0. The first-order valence-corrected chi connectivity index (χ1v) is 6.04. The van der Waals surface area contributed by atoms with E-state index in [0.717, 1.165) is 18.0 Å². The molecule has 0 N–H and O–H groups in total. The minimum Gasteiger partial charge on any atom is -0.493 e. The Balaban J connectivity index is 1.86. The molecule has 2 aromatic rings. The van der Waals surface area contributed by atoms with Crippen molar-refractivity contribution in [3.63, 3.8) is 0 Å². The molecule has 0 unspecified atom stereocenters. The summed E-state index contributed by atoms with van der Waals surface area (Å²) in [4.78, 5) is 16.0. The number of carbonyl (C=O) groups excluding carboxylic acids is 1. The normalized spacial score (nSPS) is 10.3. The van der Waals surface area contributed by atoms with E-state index in [-0.39, 0.29) is 5.91 Å². The minimum atomic E-state index is 0.0141. The Kier molecular flexibility index (Phi) is 4.12. The zero-order chi connectivity index (χ0) is 12.8. The summed E-state index contributed by atoms with van der Waals surface area (Å²) in [7, 11) is 0. The van der Waals surface area contributed by atoms with Gasteiger partial charge in [0.15, 0.2) is 0 Å². The van der Waals surface area contributed by atoms with E-state index < -0.39 is 0 Å². The predicted molar refractivity (Wildman–Crippen MR) is 68.8 cm³/mol. The largest absolute Gasteiger partial charge is 0.493 e. The van der Waals surface area contributed by atoms with E-state index in [9.17, 15) is 4.79 Å². The van der Waals surface area contributed by atoms with Crippen molar-refractivity contribution in [3.05, 3.63) is 48.5 Å². The second-order valence-corrected chi connectivity index (χ2v) is 3.87. The van der Waals surface area contributed by atoms with Crippen LogP contribution in [0.5, 0.6) is 5.75 Å². The molecule has 0 radical (unpaired) electrons. The average Bonchev–Trinajstić information content (AvgIpc) is 2.88. The van der Waals surface area contributed by atoms with Crippen molar-refractivity contribution in [1.82, 2.24) is 9.55 Å². The van der Waals surface area contributed by atoms with Gasteiger partial charge < -0.3 is 4.74 Å². The van der Waals surface area contributed by atoms with Crippen molar-refractivity contribution >= 4 is 5.91 Å². The maximum Gasteiger partial charge on any atom is 0.235 e. The molecule has 0 fully saturated rings. The first-order valence-electron chi connectivity index (χ1n) is 6.04. The second kappa shape index (κ2) is 6.00. The summed E-state index contributed by atoms with van der Waals surface area (Å²) in [6, 6.07) is 9.49. The van der Waals surface area contributed by atoms with Crippen molar-refractivity contribution < 1.29 is 9.53 Å². The third-order valence-corrected chi connectivity index (χ3v) is 2.63. The molecule has 94 valence electrons. The van der Waals surface area contributed by atoms with Gasteiger partial charge in [-0.1, -0.05) is 25.1 Å². The SMILES string of the molecule is CCc1nccn1C(=O)CCOc1ccccc1. The van der Waals surface area contributed by atoms with Crippen LogP contribution in [0.3, 0.4) is 0 Å². The number of aryl methyl sites for hydroxylation is 1. The van der Waals surface area contributed by atoms with Gasteiger partial charge in [0.05, 0.1) is 13.0 Å². The molecule has 0 spiro atoms. The number of carbonyl (C=O) groups is 1. The van der Waals surface area contributed by atoms with E-state index in [0.29, 0.717) is 13.0 Å². The molecule has 0 amide bonds. The van der Waals surface area contributed by atoms with E-state index in [4.69, 9.17) is 4.74 Å². The smallest absolute Gasteiger partial charge is 0.235 e. The van der Waals surface area contributed by atoms with Crippen LogP contribution in [0.4, 0.5) is 0 Å². The highest BCUT2D eigenvalue weighted by molar-refractivity contribution is 5.79. The Labute approximate surface area is 106 Å². The van der Waals surface area contributed by atoms with E-state index >= 15 is 0 Å². The Bertz CT molecular complexity index is 506. The zero-order valence-corrected chi connectivity index (χ0v) is 10.4. The molecule has 1 heterocycles. The summed E-state index contributed by atoms with van der Waals surface area (Å²) in [6.45, 7) is 2.36. The fourth-order valence-electron chi connectivity index (χ4n) is 1.72. The maximum absolute atomic E-state index is 11.9. The molecular formula is C14H16N2O2. The van der Waals surface area contributed by atoms with Crippen molar-refractivity contribution in [1.29, 1.82) is 0 Å². The van der Waals surface area contributed by atoms with Gasteiger partial charge in [-0.2, -0.15) is 0 Å². The standard InChI is InChI=1S/C14H16N2O2/c1-2-13-15-9-10-16(13)14(17)8-11-18-12-6-4-3-5-7-12/h3-7,9-10H,2,8,11H2,1H3. The highest BCUT2D eigenvalue weighted by atomic mass is 16.5. The van der Waals surface area contributed by atoms with E-state index in [1.165, 1.54) is 0 Å². The molecule has 4 heteroatoms. The number of aromatic nitrogens is 2. The van der Waals surface area contributed by atoms with Gasteiger partial charge >= 0.3 is 0 Å². The topological polar surface area (TPSA) is 44.1 Å². The number of benzene rings is 1. The third-order valence-electron chi connectivity index (χ3n) is 2.63. The third kappa shape index (κ3) is 2.97. The first-order chi connectivity index (χ1) is 8.81. The zero-order valence-electron chi connectivity index (χ0n) is 10.4. The molecular weight excluding hydrogens is 228 g/mol. The number of hydrogen-bond acceptors (Lipinski definition) is 3. The minimum absolute atomic E-state index is 0.0141. The van der Waals surface area contributed by atoms with Crippen LogP contribution in [0.2, 0.25) is 0 Å². The molecule has 2 rings (SSSR count). The quantitative estimate of drug-likeness (QED) is 0.812. The molecule has 0 atom stereocenters. The predicted octanol–water partition coefficient (Wildman–Crippen LogP) is 2.55. The lowest BCUT2D eigenvalue weighted by Gasteiger charge is -2.07. The summed E-state index contributed by atoms with van der Waals surface area (Å²) in [5.41, 5.74) is 0. The molecule has 4 nitrogen and oxygen atoms in total. The van der Waals surface area contributed by atoms with Crippen LogP contribution in [0.1, 0.15) is 24.0 Å². The first kappa shape index (κ1) is 12.4. The fourth-order valence-corrected chi connectivity index (χ4v) is 1.72. The highest BCUT2D eigenvalue weighted by Crippen LogP contribution is 2.09. The van der Waals surface area contributed by atoms with Gasteiger partial charge in [0, 0.05) is 18.8 Å². The van der Waals surface area contributed by atoms with Gasteiger partial charge in [-0.05, 0) is 12.1 Å². The van der Waals surface area contributed by atoms with Gasteiger partial charge in [0.25, 0.3) is 0 Å². The molecule has 0 saturated carbocycles. The lowest BCUT2D eigenvalue weighted by Crippen LogP contribution is -2.16. The Morgan fingerprint density at radius 1 is 1.33 bits per heavy atom. The van der Waals surface area contributed by atoms with Crippen molar-refractivity contribution in [3.8, 4) is 5.75 Å². The Hall–Kier alpha value is -2.10. The van der Waals surface area contributed by atoms with E-state index in [1.807, 2.05) is 37.3 Å². The number of hydrogen-bond donors (Lipinski definition) is 0. The number of ether oxygens (including phenoxy) is 1. The Morgan fingerprint density at radius 3 is 2.83 bits per heavy atom. The van der Waals surface area contributed by atoms with Crippen molar-refractivity contribution in [2.45, 2.75) is 19.8 Å². The van der Waals surface area contributed by atoms with Crippen molar-refractivity contribution in [2.24, 2.45) is 0 Å². The lowest BCUT2D eigenvalue weighted by molar-refractivity contribution is 0.0877. The van der Waals surface area contributed by atoms with Gasteiger partial charge in [-0.25, -0.2) is 4.98 Å². The van der Waals surface area contributed by atoms with E-state index in [2.05, 4.69) is 4.98 Å². The highest BCUT2D eigenvalue weighted by Gasteiger charge is 2.09. The van der Waals surface area contributed by atoms with Crippen LogP contribution < -0.4 is 4.74 Å². The van der Waals surface area contributed by atoms with Crippen LogP contribution >= 0.6 is 0 Å². The summed E-state index contributed by atoms with van der Waals surface area (Å²) in [5.74, 6) is 1.59. The number of rotatable bonds is 5. The van der Waals surface area contributed by atoms with Crippen LogP contribution in [0.15, 0.2) is 42.7 Å². The molecule has 0 aliphatic heterocycles. The van der Waals surface area contributed by atoms with Crippen molar-refractivity contribution in [2.75, 3.05) is 6.61 Å². The molecule has 0 aliphatic carbocycles. The fraction of sp³-hybridized carbons (Fsp3) is 0.286. The van der Waals surface area contributed by atoms with Crippen LogP contribution in [-0.4, -0.2) is 22.1 Å². The Morgan fingerprint density at radius 2 is 2.11 bits per heavy atom. The summed E-state index contributed by atoms with van der Waals surface area (Å²) >= 11 is 0. The molecule has 1 aromatic carbocycles. The van der Waals surface area contributed by atoms with Gasteiger partial charge in [-0.3, -0.25) is 9.36 Å². The molecule has 0 saturated heterocycles. The monoisotopic (exact) mass is 244 g/mol. The second-order valence-electron chi connectivity index (χ2n) is 3.87. The number of para-hydroxylation sites is 1. The van der Waals surface area contributed by atoms with Gasteiger partial charge in [0.2, 0.25) is 5.91 Å². The molecule has 1 aromatic heterocycles. The van der Waals surface area contributed by atoms with E-state index in [1.54, 1.807) is 17.0 Å². The van der Waals surface area contributed by atoms with Gasteiger partial charge in [0.1, 0.15) is 11.6 Å². The van der Waals surface area contributed by atoms with Crippen LogP contribution in [0.25, 0.3) is 0 Å². The molecule has 0 bridgehead atoms. The van der Waals surface area contributed by atoms with Crippen LogP contribution in [0, 0.1) is 0 Å². The van der Waals surface area contributed by atoms with Gasteiger partial charge in [-0.15, -0.1) is 0 Å². The van der Waals surface area contributed by atoms with Crippen LogP contribution in [-0.2, 0) is 6.42 Å². The average molecular weight is 244 g/mol. The lowest BCUT2D eigenvalue weighted by atomic mass is 10.3.